The Morgan fingerprint density at radius 3 is 3.06 bits per heavy atom. The molecule has 1 unspecified atom stereocenters. The maximum absolute atomic E-state index is 3.58. The third kappa shape index (κ3) is 1.85. The summed E-state index contributed by atoms with van der Waals surface area (Å²) in [6, 6.07) is 7.16. The molecule has 3 heteroatoms. The molecule has 2 aliphatic heterocycles. The van der Waals surface area contributed by atoms with Crippen LogP contribution in [0.1, 0.15) is 26.7 Å². The molecular weight excluding hydrogens is 276 g/mol. The van der Waals surface area contributed by atoms with E-state index in [0.717, 1.165) is 6.54 Å². The molecule has 3 rings (SSSR count). The van der Waals surface area contributed by atoms with Crippen LogP contribution in [0.5, 0.6) is 0 Å². The monoisotopic (exact) mass is 294 g/mol. The number of fused-ring (bicyclic) bond motifs is 3. The van der Waals surface area contributed by atoms with E-state index in [4.69, 9.17) is 0 Å². The lowest BCUT2D eigenvalue weighted by molar-refractivity contribution is 0.217. The molecule has 0 spiro atoms. The van der Waals surface area contributed by atoms with Crippen molar-refractivity contribution >= 4 is 27.3 Å². The minimum Gasteiger partial charge on any atom is -0.381 e. The van der Waals surface area contributed by atoms with Gasteiger partial charge in [0.2, 0.25) is 0 Å². The second kappa shape index (κ2) is 3.91. The van der Waals surface area contributed by atoms with E-state index in [1.807, 2.05) is 0 Å². The van der Waals surface area contributed by atoms with E-state index in [0.29, 0.717) is 11.5 Å². The van der Waals surface area contributed by atoms with Gasteiger partial charge in [0.15, 0.2) is 0 Å². The molecule has 2 nitrogen and oxygen atoms in total. The number of anilines is 2. The minimum absolute atomic E-state index is 0.408. The second-order valence-electron chi connectivity index (χ2n) is 5.84. The lowest BCUT2D eigenvalue weighted by Crippen LogP contribution is -2.55. The molecule has 1 saturated heterocycles. The van der Waals surface area contributed by atoms with Gasteiger partial charge in [0.25, 0.3) is 0 Å². The first kappa shape index (κ1) is 11.4. The Balaban J connectivity index is 2.03. The van der Waals surface area contributed by atoms with Gasteiger partial charge in [-0.25, -0.2) is 0 Å². The van der Waals surface area contributed by atoms with Gasteiger partial charge in [0.1, 0.15) is 0 Å². The Kier molecular flexibility index (Phi) is 2.62. The first-order valence-electron chi connectivity index (χ1n) is 6.38. The lowest BCUT2D eigenvalue weighted by Gasteiger charge is -2.51. The SMILES string of the molecule is CC1(C)CCCN2c3cc(Br)ccc3NCC21. The highest BCUT2D eigenvalue weighted by atomic mass is 79.9. The molecule has 0 aliphatic carbocycles. The van der Waals surface area contributed by atoms with E-state index < -0.39 is 0 Å². The number of nitrogens with zero attached hydrogens (tertiary/aromatic N) is 1. The number of piperidine rings is 1. The molecule has 1 N–H and O–H groups in total. The molecule has 0 aromatic heterocycles. The van der Waals surface area contributed by atoms with Crippen LogP contribution in [0.25, 0.3) is 0 Å². The zero-order chi connectivity index (χ0) is 12.0. The topological polar surface area (TPSA) is 15.3 Å². The number of hydrogen-bond acceptors (Lipinski definition) is 2. The summed E-state index contributed by atoms with van der Waals surface area (Å²) in [6.07, 6.45) is 2.63. The third-order valence-electron chi connectivity index (χ3n) is 4.25. The van der Waals surface area contributed by atoms with Crippen molar-refractivity contribution in [1.82, 2.24) is 0 Å². The third-order valence-corrected chi connectivity index (χ3v) is 4.75. The molecule has 2 aliphatic rings. The Bertz CT molecular complexity index is 442. The quantitative estimate of drug-likeness (QED) is 0.781. The van der Waals surface area contributed by atoms with Crippen molar-refractivity contribution < 1.29 is 0 Å². The van der Waals surface area contributed by atoms with Crippen LogP contribution in [0.2, 0.25) is 0 Å². The maximum Gasteiger partial charge on any atom is 0.0616 e. The van der Waals surface area contributed by atoms with E-state index in [9.17, 15) is 0 Å². The van der Waals surface area contributed by atoms with Crippen LogP contribution in [0.4, 0.5) is 11.4 Å². The van der Waals surface area contributed by atoms with Gasteiger partial charge < -0.3 is 10.2 Å². The Hall–Kier alpha value is -0.700. The molecule has 2 heterocycles. The van der Waals surface area contributed by atoms with Crippen molar-refractivity contribution in [3.8, 4) is 0 Å². The van der Waals surface area contributed by atoms with Crippen LogP contribution in [0.3, 0.4) is 0 Å². The fraction of sp³-hybridized carbons (Fsp3) is 0.571. The first-order valence-corrected chi connectivity index (χ1v) is 7.17. The van der Waals surface area contributed by atoms with Crippen LogP contribution in [0.15, 0.2) is 22.7 Å². The molecule has 0 radical (unpaired) electrons. The number of benzene rings is 1. The summed E-state index contributed by atoms with van der Waals surface area (Å²) < 4.78 is 1.17. The standard InChI is InChI=1S/C14H19BrN2/c1-14(2)6-3-7-17-12-8-10(15)4-5-11(12)16-9-13(14)17/h4-5,8,13,16H,3,6-7,9H2,1-2H3. The van der Waals surface area contributed by atoms with Gasteiger partial charge in [-0.1, -0.05) is 29.8 Å². The van der Waals surface area contributed by atoms with E-state index in [2.05, 4.69) is 58.2 Å². The van der Waals surface area contributed by atoms with Crippen molar-refractivity contribution in [2.45, 2.75) is 32.7 Å². The van der Waals surface area contributed by atoms with Crippen molar-refractivity contribution in [3.05, 3.63) is 22.7 Å². The Labute approximate surface area is 112 Å². The Morgan fingerprint density at radius 2 is 2.24 bits per heavy atom. The van der Waals surface area contributed by atoms with Crippen molar-refractivity contribution in [2.75, 3.05) is 23.3 Å². The van der Waals surface area contributed by atoms with Crippen LogP contribution in [0, 0.1) is 5.41 Å². The predicted octanol–water partition coefficient (Wildman–Crippen LogP) is 3.87. The summed E-state index contributed by atoms with van der Waals surface area (Å²) in [4.78, 5) is 2.60. The van der Waals surface area contributed by atoms with Gasteiger partial charge in [0, 0.05) is 17.6 Å². The fourth-order valence-corrected chi connectivity index (χ4v) is 3.57. The normalized spacial score (nSPS) is 25.8. The van der Waals surface area contributed by atoms with Crippen LogP contribution < -0.4 is 10.2 Å². The average molecular weight is 295 g/mol. The van der Waals surface area contributed by atoms with Gasteiger partial charge in [-0.3, -0.25) is 0 Å². The predicted molar refractivity (Wildman–Crippen MR) is 76.8 cm³/mol. The summed E-state index contributed by atoms with van der Waals surface area (Å²) in [5, 5.41) is 3.58. The molecule has 0 bridgehead atoms. The summed E-state index contributed by atoms with van der Waals surface area (Å²) in [5.74, 6) is 0. The summed E-state index contributed by atoms with van der Waals surface area (Å²) >= 11 is 3.58. The van der Waals surface area contributed by atoms with Gasteiger partial charge in [-0.15, -0.1) is 0 Å². The molecule has 92 valence electrons. The highest BCUT2D eigenvalue weighted by Crippen LogP contribution is 2.43. The van der Waals surface area contributed by atoms with Gasteiger partial charge in [-0.2, -0.15) is 0 Å². The van der Waals surface area contributed by atoms with E-state index in [1.54, 1.807) is 0 Å². The number of rotatable bonds is 0. The smallest absolute Gasteiger partial charge is 0.0616 e. The summed E-state index contributed by atoms with van der Waals surface area (Å²) in [7, 11) is 0. The summed E-state index contributed by atoms with van der Waals surface area (Å²) in [5.41, 5.74) is 3.05. The number of halogens is 1. The van der Waals surface area contributed by atoms with Crippen molar-refractivity contribution in [1.29, 1.82) is 0 Å². The zero-order valence-corrected chi connectivity index (χ0v) is 12.0. The molecule has 1 aromatic carbocycles. The average Bonchev–Trinajstić information content (AvgIpc) is 2.28. The maximum atomic E-state index is 3.58. The highest BCUT2D eigenvalue weighted by Gasteiger charge is 2.40. The van der Waals surface area contributed by atoms with E-state index in [-0.39, 0.29) is 0 Å². The molecule has 1 aromatic rings. The van der Waals surface area contributed by atoms with E-state index >= 15 is 0 Å². The van der Waals surface area contributed by atoms with Crippen LogP contribution in [-0.2, 0) is 0 Å². The zero-order valence-electron chi connectivity index (χ0n) is 10.5. The van der Waals surface area contributed by atoms with Gasteiger partial charge in [0.05, 0.1) is 17.4 Å². The van der Waals surface area contributed by atoms with Crippen molar-refractivity contribution in [2.24, 2.45) is 5.41 Å². The van der Waals surface area contributed by atoms with Crippen LogP contribution >= 0.6 is 15.9 Å². The molecule has 1 atom stereocenters. The lowest BCUT2D eigenvalue weighted by atomic mass is 9.75. The molecule has 1 fully saturated rings. The fourth-order valence-electron chi connectivity index (χ4n) is 3.22. The summed E-state index contributed by atoms with van der Waals surface area (Å²) in [6.45, 7) is 7.06. The highest BCUT2D eigenvalue weighted by molar-refractivity contribution is 9.10. The number of nitrogens with one attached hydrogen (secondary N) is 1. The largest absolute Gasteiger partial charge is 0.381 e. The second-order valence-corrected chi connectivity index (χ2v) is 6.76. The molecule has 0 amide bonds. The van der Waals surface area contributed by atoms with Crippen molar-refractivity contribution in [3.63, 3.8) is 0 Å². The van der Waals surface area contributed by atoms with E-state index in [1.165, 1.54) is 35.2 Å². The Morgan fingerprint density at radius 1 is 1.41 bits per heavy atom. The number of hydrogen-bond donors (Lipinski definition) is 1. The van der Waals surface area contributed by atoms with Gasteiger partial charge in [-0.05, 0) is 36.5 Å². The van der Waals surface area contributed by atoms with Crippen LogP contribution in [-0.4, -0.2) is 19.1 Å². The molecule has 17 heavy (non-hydrogen) atoms. The molecular formula is C14H19BrN2. The first-order chi connectivity index (χ1) is 8.08. The minimum atomic E-state index is 0.408. The molecule has 0 saturated carbocycles. The van der Waals surface area contributed by atoms with Gasteiger partial charge >= 0.3 is 0 Å².